The summed E-state index contributed by atoms with van der Waals surface area (Å²) in [5, 5.41) is 12.0. The quantitative estimate of drug-likeness (QED) is 0.823. The molecule has 0 spiro atoms. The molecule has 2 rings (SSSR count). The fourth-order valence-corrected chi connectivity index (χ4v) is 2.62. The summed E-state index contributed by atoms with van der Waals surface area (Å²) in [6.07, 6.45) is 4.92. The van der Waals surface area contributed by atoms with Gasteiger partial charge in [0.2, 0.25) is 0 Å². The molecule has 0 N–H and O–H groups in total. The third-order valence-corrected chi connectivity index (χ3v) is 3.75. The highest BCUT2D eigenvalue weighted by molar-refractivity contribution is 7.17. The molecule has 0 saturated carbocycles. The van der Waals surface area contributed by atoms with Gasteiger partial charge in [-0.15, -0.1) is 11.3 Å². The van der Waals surface area contributed by atoms with E-state index in [1.165, 1.54) is 0 Å². The summed E-state index contributed by atoms with van der Waals surface area (Å²) in [7, 11) is 0. The number of allylic oxidation sites excluding steroid dienone is 1. The van der Waals surface area contributed by atoms with Crippen molar-refractivity contribution in [2.75, 3.05) is 0 Å². The molecule has 3 heteroatoms. The van der Waals surface area contributed by atoms with Gasteiger partial charge in [-0.25, -0.2) is 0 Å². The molecule has 1 heterocycles. The molecule has 0 aliphatic heterocycles. The molecule has 90 valence electrons. The van der Waals surface area contributed by atoms with Crippen molar-refractivity contribution in [3.63, 3.8) is 0 Å². The van der Waals surface area contributed by atoms with Crippen LogP contribution in [0.25, 0.3) is 16.2 Å². The lowest BCUT2D eigenvalue weighted by molar-refractivity contribution is -0.117. The second-order valence-electron chi connectivity index (χ2n) is 4.01. The second kappa shape index (κ2) is 5.61. The average Bonchev–Trinajstić information content (AvgIpc) is 2.81. The lowest BCUT2D eigenvalue weighted by Crippen LogP contribution is -1.90. The van der Waals surface area contributed by atoms with E-state index in [1.54, 1.807) is 11.3 Å². The Morgan fingerprint density at radius 3 is 3.06 bits per heavy atom. The number of ketones is 1. The van der Waals surface area contributed by atoms with Crippen LogP contribution < -0.4 is 0 Å². The molecule has 2 nitrogen and oxygen atoms in total. The summed E-state index contributed by atoms with van der Waals surface area (Å²) < 4.78 is 1.16. The van der Waals surface area contributed by atoms with E-state index in [-0.39, 0.29) is 5.78 Å². The Kier molecular flexibility index (Phi) is 3.91. The molecule has 0 amide bonds. The van der Waals surface area contributed by atoms with Crippen molar-refractivity contribution in [2.24, 2.45) is 0 Å². The van der Waals surface area contributed by atoms with Crippen molar-refractivity contribution < 1.29 is 4.79 Å². The minimum Gasteiger partial charge on any atom is -0.299 e. The van der Waals surface area contributed by atoms with Gasteiger partial charge in [-0.05, 0) is 29.1 Å². The van der Waals surface area contributed by atoms with E-state index in [1.807, 2.05) is 37.3 Å². The largest absolute Gasteiger partial charge is 0.299 e. The summed E-state index contributed by atoms with van der Waals surface area (Å²) >= 11 is 1.65. The maximum Gasteiger partial charge on any atom is 0.136 e. The molecule has 0 aliphatic rings. The van der Waals surface area contributed by atoms with Gasteiger partial charge in [0, 0.05) is 22.9 Å². The van der Waals surface area contributed by atoms with Crippen LogP contribution in [0.3, 0.4) is 0 Å². The number of benzene rings is 1. The molecule has 2 aromatic rings. The molecule has 0 fully saturated rings. The van der Waals surface area contributed by atoms with Gasteiger partial charge in [-0.3, -0.25) is 4.79 Å². The Labute approximate surface area is 110 Å². The van der Waals surface area contributed by atoms with Gasteiger partial charge in [0.25, 0.3) is 0 Å². The van der Waals surface area contributed by atoms with Crippen molar-refractivity contribution in [3.8, 4) is 6.07 Å². The maximum absolute atomic E-state index is 11.2. The van der Waals surface area contributed by atoms with Crippen molar-refractivity contribution in [1.82, 2.24) is 0 Å². The van der Waals surface area contributed by atoms with Gasteiger partial charge in [-0.1, -0.05) is 19.1 Å². The smallest absolute Gasteiger partial charge is 0.136 e. The van der Waals surface area contributed by atoms with Crippen LogP contribution in [0.1, 0.15) is 30.9 Å². The Morgan fingerprint density at radius 2 is 2.33 bits per heavy atom. The summed E-state index contributed by atoms with van der Waals surface area (Å²) in [5.41, 5.74) is 1.75. The lowest BCUT2D eigenvalue weighted by Gasteiger charge is -1.94. The van der Waals surface area contributed by atoms with E-state index in [9.17, 15) is 4.79 Å². The fourth-order valence-electron chi connectivity index (χ4n) is 1.71. The van der Waals surface area contributed by atoms with Crippen molar-refractivity contribution in [1.29, 1.82) is 5.26 Å². The average molecular weight is 255 g/mol. The molecule has 0 bridgehead atoms. The lowest BCUT2D eigenvalue weighted by atomic mass is 10.1. The highest BCUT2D eigenvalue weighted by Gasteiger charge is 2.02. The van der Waals surface area contributed by atoms with E-state index < -0.39 is 0 Å². The number of rotatable bonds is 4. The van der Waals surface area contributed by atoms with Gasteiger partial charge < -0.3 is 0 Å². The molecule has 0 aliphatic carbocycles. The SMILES string of the molecule is CCC(=O)CC=Cc1csc2ccc(C#N)cc12. The molecule has 0 atom stereocenters. The second-order valence-corrected chi connectivity index (χ2v) is 4.92. The number of thiophene rings is 1. The number of Topliss-reactive ketones (excluding diaryl/α,β-unsaturated/α-hetero) is 1. The Balaban J connectivity index is 2.28. The number of hydrogen-bond donors (Lipinski definition) is 0. The first kappa shape index (κ1) is 12.5. The van der Waals surface area contributed by atoms with E-state index in [0.717, 1.165) is 15.6 Å². The molecule has 18 heavy (non-hydrogen) atoms. The van der Waals surface area contributed by atoms with Gasteiger partial charge in [0.15, 0.2) is 0 Å². The number of carbonyl (C=O) groups is 1. The molecule has 0 saturated heterocycles. The van der Waals surface area contributed by atoms with E-state index in [0.29, 0.717) is 18.4 Å². The summed E-state index contributed by atoms with van der Waals surface area (Å²) in [5.74, 6) is 0.239. The highest BCUT2D eigenvalue weighted by atomic mass is 32.1. The van der Waals surface area contributed by atoms with E-state index in [4.69, 9.17) is 5.26 Å². The van der Waals surface area contributed by atoms with Crippen molar-refractivity contribution in [2.45, 2.75) is 19.8 Å². The molecular formula is C15H13NOS. The van der Waals surface area contributed by atoms with Crippen LogP contribution in [0.2, 0.25) is 0 Å². The zero-order chi connectivity index (χ0) is 13.0. The fraction of sp³-hybridized carbons (Fsp3) is 0.200. The van der Waals surface area contributed by atoms with Gasteiger partial charge in [0.1, 0.15) is 5.78 Å². The highest BCUT2D eigenvalue weighted by Crippen LogP contribution is 2.27. The van der Waals surface area contributed by atoms with Crippen LogP contribution in [0.15, 0.2) is 29.7 Å². The normalized spacial score (nSPS) is 10.9. The first-order valence-electron chi connectivity index (χ1n) is 5.84. The predicted octanol–water partition coefficient (Wildman–Crippen LogP) is 4.16. The van der Waals surface area contributed by atoms with Crippen LogP contribution in [0, 0.1) is 11.3 Å². The Hall–Kier alpha value is -1.92. The Bertz CT molecular complexity index is 646. The van der Waals surface area contributed by atoms with Crippen LogP contribution in [-0.4, -0.2) is 5.78 Å². The van der Waals surface area contributed by atoms with Gasteiger partial charge >= 0.3 is 0 Å². The van der Waals surface area contributed by atoms with Gasteiger partial charge in [-0.2, -0.15) is 5.26 Å². The monoisotopic (exact) mass is 255 g/mol. The number of nitriles is 1. The maximum atomic E-state index is 11.2. The molecule has 1 aromatic heterocycles. The molecule has 0 unspecified atom stereocenters. The molecule has 0 radical (unpaired) electrons. The van der Waals surface area contributed by atoms with E-state index in [2.05, 4.69) is 11.4 Å². The van der Waals surface area contributed by atoms with Crippen LogP contribution >= 0.6 is 11.3 Å². The first-order valence-corrected chi connectivity index (χ1v) is 6.72. The van der Waals surface area contributed by atoms with Crippen LogP contribution in [-0.2, 0) is 4.79 Å². The molecular weight excluding hydrogens is 242 g/mol. The standard InChI is InChI=1S/C15H13NOS/c1-2-13(17)5-3-4-12-10-18-15-7-6-11(9-16)8-14(12)15/h3-4,6-8,10H,2,5H2,1H3. The Morgan fingerprint density at radius 1 is 1.50 bits per heavy atom. The number of carbonyl (C=O) groups excluding carboxylic acids is 1. The summed E-state index contributed by atoms with van der Waals surface area (Å²) in [6.45, 7) is 1.87. The van der Waals surface area contributed by atoms with Crippen LogP contribution in [0.4, 0.5) is 0 Å². The topological polar surface area (TPSA) is 40.9 Å². The number of hydrogen-bond acceptors (Lipinski definition) is 3. The van der Waals surface area contributed by atoms with E-state index >= 15 is 0 Å². The van der Waals surface area contributed by atoms with Gasteiger partial charge in [0.05, 0.1) is 11.6 Å². The van der Waals surface area contributed by atoms with Crippen molar-refractivity contribution in [3.05, 3.63) is 40.8 Å². The zero-order valence-corrected chi connectivity index (χ0v) is 11.0. The number of fused-ring (bicyclic) bond motifs is 1. The summed E-state index contributed by atoms with van der Waals surface area (Å²) in [4.78, 5) is 11.2. The van der Waals surface area contributed by atoms with Crippen LogP contribution in [0.5, 0.6) is 0 Å². The third kappa shape index (κ3) is 2.66. The van der Waals surface area contributed by atoms with Crippen molar-refractivity contribution >= 4 is 33.3 Å². The predicted molar refractivity (Wildman–Crippen MR) is 75.5 cm³/mol. The zero-order valence-electron chi connectivity index (χ0n) is 10.1. The minimum atomic E-state index is 0.239. The minimum absolute atomic E-state index is 0.239. The number of nitrogens with zero attached hydrogens (tertiary/aromatic N) is 1. The first-order chi connectivity index (χ1) is 8.74. The summed E-state index contributed by atoms with van der Waals surface area (Å²) in [6, 6.07) is 7.83. The third-order valence-electron chi connectivity index (χ3n) is 2.77. The molecule has 1 aromatic carbocycles.